The molecule has 1 saturated heterocycles. The number of piperazine rings is 1. The molecule has 7 nitrogen and oxygen atoms in total. The first-order valence-electron chi connectivity index (χ1n) is 9.99. The van der Waals surface area contributed by atoms with Gasteiger partial charge in [0.2, 0.25) is 5.82 Å². The number of benzene rings is 1. The van der Waals surface area contributed by atoms with E-state index in [0.29, 0.717) is 42.6 Å². The van der Waals surface area contributed by atoms with E-state index in [2.05, 4.69) is 10.1 Å². The lowest BCUT2D eigenvalue weighted by Gasteiger charge is -2.34. The van der Waals surface area contributed by atoms with E-state index >= 15 is 0 Å². The number of nitrogens with zero attached hydrogens (tertiary/aromatic N) is 5. The second-order valence-corrected chi connectivity index (χ2v) is 9.09. The molecule has 1 fully saturated rings. The number of hydrogen-bond donors (Lipinski definition) is 0. The molecule has 0 unspecified atom stereocenters. The summed E-state index contributed by atoms with van der Waals surface area (Å²) in [4.78, 5) is 35.1. The van der Waals surface area contributed by atoms with Gasteiger partial charge in [-0.15, -0.1) is 27.8 Å². The third kappa shape index (κ3) is 3.94. The van der Waals surface area contributed by atoms with Crippen LogP contribution in [-0.4, -0.2) is 62.6 Å². The Morgan fingerprint density at radius 2 is 1.59 bits per heavy atom. The van der Waals surface area contributed by atoms with E-state index in [4.69, 9.17) is 0 Å². The SMILES string of the molecule is O=C(c1nc(-c2cccs2)n(-c2cccc(F)c2)n1)N1CCN(C(=O)c2cccs2)CC1. The fourth-order valence-electron chi connectivity index (χ4n) is 3.57. The molecule has 0 N–H and O–H groups in total. The maximum absolute atomic E-state index is 13.8. The summed E-state index contributed by atoms with van der Waals surface area (Å²) in [6, 6.07) is 13.4. The Morgan fingerprint density at radius 1 is 0.875 bits per heavy atom. The molecule has 1 aliphatic rings. The zero-order valence-electron chi connectivity index (χ0n) is 16.8. The van der Waals surface area contributed by atoms with Gasteiger partial charge in [-0.3, -0.25) is 9.59 Å². The van der Waals surface area contributed by atoms with Crippen LogP contribution < -0.4 is 0 Å². The molecule has 0 bridgehead atoms. The minimum absolute atomic E-state index is 0.0133. The third-order valence-corrected chi connectivity index (χ3v) is 6.90. The standard InChI is InChI=1S/C22H18FN5O2S2/c23-15-4-1-5-16(14-15)28-20(17-6-2-12-31-17)24-19(25-28)22(30)27-10-8-26(9-11-27)21(29)18-7-3-13-32-18/h1-7,12-14H,8-11H2. The quantitative estimate of drug-likeness (QED) is 0.458. The first kappa shape index (κ1) is 20.5. The van der Waals surface area contributed by atoms with Gasteiger partial charge in [-0.2, -0.15) is 0 Å². The van der Waals surface area contributed by atoms with Crippen LogP contribution in [0.15, 0.2) is 59.3 Å². The summed E-state index contributed by atoms with van der Waals surface area (Å²) < 4.78 is 15.3. The van der Waals surface area contributed by atoms with Crippen molar-refractivity contribution >= 4 is 34.5 Å². The van der Waals surface area contributed by atoms with Crippen molar-refractivity contribution in [2.75, 3.05) is 26.2 Å². The molecule has 32 heavy (non-hydrogen) atoms. The molecule has 1 aliphatic heterocycles. The highest BCUT2D eigenvalue weighted by atomic mass is 32.1. The van der Waals surface area contributed by atoms with Gasteiger partial charge in [0.15, 0.2) is 5.82 Å². The molecule has 0 radical (unpaired) electrons. The Bertz CT molecular complexity index is 1250. The fourth-order valence-corrected chi connectivity index (χ4v) is 4.96. The maximum atomic E-state index is 13.8. The normalized spacial score (nSPS) is 14.0. The number of halogens is 1. The molecule has 0 aliphatic carbocycles. The van der Waals surface area contributed by atoms with E-state index in [1.807, 2.05) is 29.0 Å². The lowest BCUT2D eigenvalue weighted by Crippen LogP contribution is -2.50. The summed E-state index contributed by atoms with van der Waals surface area (Å²) in [7, 11) is 0. The minimum atomic E-state index is -0.394. The van der Waals surface area contributed by atoms with Crippen molar-refractivity contribution in [1.29, 1.82) is 0 Å². The fraction of sp³-hybridized carbons (Fsp3) is 0.182. The molecule has 3 aromatic heterocycles. The van der Waals surface area contributed by atoms with Crippen molar-refractivity contribution in [3.8, 4) is 16.4 Å². The van der Waals surface area contributed by atoms with Gasteiger partial charge in [0, 0.05) is 26.2 Å². The van der Waals surface area contributed by atoms with Gasteiger partial charge in [-0.1, -0.05) is 18.2 Å². The Labute approximate surface area is 191 Å². The van der Waals surface area contributed by atoms with Crippen molar-refractivity contribution in [1.82, 2.24) is 24.6 Å². The summed E-state index contributed by atoms with van der Waals surface area (Å²) in [5.41, 5.74) is 0.492. The summed E-state index contributed by atoms with van der Waals surface area (Å²) >= 11 is 2.88. The smallest absolute Gasteiger partial charge is 0.293 e. The van der Waals surface area contributed by atoms with Gasteiger partial charge in [-0.25, -0.2) is 14.1 Å². The number of amides is 2. The van der Waals surface area contributed by atoms with Gasteiger partial charge in [0.1, 0.15) is 5.82 Å². The predicted molar refractivity (Wildman–Crippen MR) is 121 cm³/mol. The lowest BCUT2D eigenvalue weighted by molar-refractivity contribution is 0.0531. The molecule has 162 valence electrons. The van der Waals surface area contributed by atoms with Gasteiger partial charge >= 0.3 is 0 Å². The van der Waals surface area contributed by atoms with E-state index in [-0.39, 0.29) is 17.6 Å². The molecule has 0 spiro atoms. The molecular formula is C22H18FN5O2S2. The highest BCUT2D eigenvalue weighted by Gasteiger charge is 2.29. The maximum Gasteiger partial charge on any atom is 0.293 e. The van der Waals surface area contributed by atoms with E-state index in [1.54, 1.807) is 28.0 Å². The molecule has 4 aromatic rings. The van der Waals surface area contributed by atoms with Crippen LogP contribution in [0.1, 0.15) is 20.3 Å². The number of thiophene rings is 2. The first-order chi connectivity index (χ1) is 15.6. The van der Waals surface area contributed by atoms with Crippen LogP contribution in [0.5, 0.6) is 0 Å². The Balaban J connectivity index is 1.37. The van der Waals surface area contributed by atoms with E-state index in [1.165, 1.54) is 39.5 Å². The van der Waals surface area contributed by atoms with Crippen LogP contribution in [0.25, 0.3) is 16.4 Å². The monoisotopic (exact) mass is 467 g/mol. The zero-order chi connectivity index (χ0) is 22.1. The van der Waals surface area contributed by atoms with Gasteiger partial charge < -0.3 is 9.80 Å². The van der Waals surface area contributed by atoms with E-state index < -0.39 is 5.82 Å². The Hall–Kier alpha value is -3.37. The van der Waals surface area contributed by atoms with Crippen molar-refractivity contribution < 1.29 is 14.0 Å². The molecule has 4 heterocycles. The number of rotatable bonds is 4. The van der Waals surface area contributed by atoms with Crippen molar-refractivity contribution in [2.24, 2.45) is 0 Å². The van der Waals surface area contributed by atoms with Gasteiger partial charge in [0.25, 0.3) is 11.8 Å². The first-order valence-corrected chi connectivity index (χ1v) is 11.7. The molecule has 5 rings (SSSR count). The number of hydrogen-bond acceptors (Lipinski definition) is 6. The van der Waals surface area contributed by atoms with Crippen LogP contribution in [0.4, 0.5) is 4.39 Å². The molecule has 0 saturated carbocycles. The average Bonchev–Trinajstić information content (AvgIpc) is 3.59. The second kappa shape index (κ2) is 8.64. The largest absolute Gasteiger partial charge is 0.334 e. The number of aromatic nitrogens is 3. The summed E-state index contributed by atoms with van der Waals surface area (Å²) in [5.74, 6) is -0.174. The molecule has 0 atom stereocenters. The van der Waals surface area contributed by atoms with Crippen molar-refractivity contribution in [3.05, 3.63) is 75.8 Å². The topological polar surface area (TPSA) is 71.3 Å². The minimum Gasteiger partial charge on any atom is -0.334 e. The highest BCUT2D eigenvalue weighted by molar-refractivity contribution is 7.13. The van der Waals surface area contributed by atoms with Gasteiger partial charge in [0.05, 0.1) is 15.4 Å². The zero-order valence-corrected chi connectivity index (χ0v) is 18.5. The predicted octanol–water partition coefficient (Wildman–Crippen LogP) is 3.79. The van der Waals surface area contributed by atoms with Crippen LogP contribution in [0.2, 0.25) is 0 Å². The lowest BCUT2D eigenvalue weighted by atomic mass is 10.3. The highest BCUT2D eigenvalue weighted by Crippen LogP contribution is 2.26. The van der Waals surface area contributed by atoms with Crippen molar-refractivity contribution in [2.45, 2.75) is 0 Å². The third-order valence-electron chi connectivity index (χ3n) is 5.18. The number of carbonyl (C=O) groups is 2. The van der Waals surface area contributed by atoms with E-state index in [9.17, 15) is 14.0 Å². The summed E-state index contributed by atoms with van der Waals surface area (Å²) in [6.45, 7) is 1.70. The summed E-state index contributed by atoms with van der Waals surface area (Å²) in [5, 5.41) is 8.20. The van der Waals surface area contributed by atoms with Gasteiger partial charge in [-0.05, 0) is 41.1 Å². The molecular weight excluding hydrogens is 449 g/mol. The summed E-state index contributed by atoms with van der Waals surface area (Å²) in [6.07, 6.45) is 0. The number of carbonyl (C=O) groups excluding carboxylic acids is 2. The van der Waals surface area contributed by atoms with E-state index in [0.717, 1.165) is 4.88 Å². The second-order valence-electron chi connectivity index (χ2n) is 7.19. The molecule has 2 amide bonds. The van der Waals surface area contributed by atoms with Crippen molar-refractivity contribution in [3.63, 3.8) is 0 Å². The Morgan fingerprint density at radius 3 is 2.25 bits per heavy atom. The average molecular weight is 468 g/mol. The molecule has 10 heteroatoms. The van der Waals surface area contributed by atoms with Crippen LogP contribution in [0, 0.1) is 5.82 Å². The Kier molecular flexibility index (Phi) is 5.54. The van der Waals surface area contributed by atoms with Crippen LogP contribution >= 0.6 is 22.7 Å². The van der Waals surface area contributed by atoms with Crippen LogP contribution in [0.3, 0.4) is 0 Å². The van der Waals surface area contributed by atoms with Crippen LogP contribution in [-0.2, 0) is 0 Å². The molecule has 1 aromatic carbocycles.